The maximum atomic E-state index is 12.9. The lowest BCUT2D eigenvalue weighted by Gasteiger charge is -2.11. The van der Waals surface area contributed by atoms with Crippen LogP contribution in [0.4, 0.5) is 15.8 Å². The van der Waals surface area contributed by atoms with Crippen molar-refractivity contribution in [2.45, 2.75) is 6.92 Å². The molecule has 4 nitrogen and oxygen atoms in total. The predicted octanol–water partition coefficient (Wildman–Crippen LogP) is 3.50. The number of nitrogens with two attached hydrogens (primary N) is 1. The van der Waals surface area contributed by atoms with Gasteiger partial charge in [-0.25, -0.2) is 4.39 Å². The van der Waals surface area contributed by atoms with Crippen molar-refractivity contribution in [2.24, 2.45) is 0 Å². The maximum absolute atomic E-state index is 12.9. The van der Waals surface area contributed by atoms with Gasteiger partial charge in [-0.05, 0) is 64.8 Å². The Morgan fingerprint density at radius 2 is 2.10 bits per heavy atom. The molecule has 110 valence electrons. The van der Waals surface area contributed by atoms with E-state index in [9.17, 15) is 9.18 Å². The first-order valence-corrected chi connectivity index (χ1v) is 6.99. The van der Waals surface area contributed by atoms with Crippen LogP contribution in [0, 0.1) is 12.7 Å². The normalized spacial score (nSPS) is 10.2. The summed E-state index contributed by atoms with van der Waals surface area (Å²) in [4.78, 5) is 11.8. The van der Waals surface area contributed by atoms with Gasteiger partial charge in [0.1, 0.15) is 11.6 Å². The number of carbonyl (C=O) groups is 1. The van der Waals surface area contributed by atoms with Gasteiger partial charge in [0.2, 0.25) is 0 Å². The molecule has 0 saturated carbocycles. The predicted molar refractivity (Wildman–Crippen MR) is 83.8 cm³/mol. The van der Waals surface area contributed by atoms with Crippen molar-refractivity contribution in [3.63, 3.8) is 0 Å². The van der Waals surface area contributed by atoms with Gasteiger partial charge < -0.3 is 15.8 Å². The van der Waals surface area contributed by atoms with E-state index in [1.807, 2.05) is 6.92 Å². The van der Waals surface area contributed by atoms with Gasteiger partial charge in [-0.15, -0.1) is 0 Å². The largest absolute Gasteiger partial charge is 0.483 e. The number of benzene rings is 2. The van der Waals surface area contributed by atoms with Crippen LogP contribution in [0.5, 0.6) is 5.75 Å². The maximum Gasteiger partial charge on any atom is 0.262 e. The Bertz CT molecular complexity index is 677. The average molecular weight is 353 g/mol. The summed E-state index contributed by atoms with van der Waals surface area (Å²) in [6.07, 6.45) is 0. The summed E-state index contributed by atoms with van der Waals surface area (Å²) >= 11 is 3.17. The van der Waals surface area contributed by atoms with Crippen molar-refractivity contribution in [1.82, 2.24) is 0 Å². The highest BCUT2D eigenvalue weighted by Crippen LogP contribution is 2.25. The fourth-order valence-corrected chi connectivity index (χ4v) is 2.21. The number of nitrogen functional groups attached to an aromatic ring is 1. The number of halogens is 2. The zero-order valence-electron chi connectivity index (χ0n) is 11.3. The third-order valence-electron chi connectivity index (χ3n) is 2.78. The van der Waals surface area contributed by atoms with Crippen LogP contribution in [-0.4, -0.2) is 12.5 Å². The molecule has 2 aromatic carbocycles. The van der Waals surface area contributed by atoms with Gasteiger partial charge in [-0.3, -0.25) is 4.79 Å². The van der Waals surface area contributed by atoms with Gasteiger partial charge >= 0.3 is 0 Å². The standard InChI is InChI=1S/C15H14BrFN2O2/c1-9-6-11(18)3-4-13(9)19-15(20)8-21-14-5-2-10(17)7-12(14)16/h2-7H,8,18H2,1H3,(H,19,20). The minimum absolute atomic E-state index is 0.173. The van der Waals surface area contributed by atoms with Gasteiger partial charge in [-0.1, -0.05) is 0 Å². The lowest BCUT2D eigenvalue weighted by Crippen LogP contribution is -2.20. The van der Waals surface area contributed by atoms with E-state index in [2.05, 4.69) is 21.2 Å². The number of aryl methyl sites for hydroxylation is 1. The number of nitrogens with one attached hydrogen (secondary N) is 1. The number of anilines is 2. The second kappa shape index (κ2) is 6.58. The highest BCUT2D eigenvalue weighted by molar-refractivity contribution is 9.10. The zero-order valence-corrected chi connectivity index (χ0v) is 12.9. The molecule has 0 spiro atoms. The highest BCUT2D eigenvalue weighted by Gasteiger charge is 2.08. The van der Waals surface area contributed by atoms with Gasteiger partial charge in [0.05, 0.1) is 4.47 Å². The van der Waals surface area contributed by atoms with Crippen molar-refractivity contribution >= 4 is 33.2 Å². The highest BCUT2D eigenvalue weighted by atomic mass is 79.9. The molecule has 3 N–H and O–H groups in total. The lowest BCUT2D eigenvalue weighted by molar-refractivity contribution is -0.118. The molecule has 0 unspecified atom stereocenters. The Balaban J connectivity index is 1.96. The van der Waals surface area contributed by atoms with Crippen LogP contribution in [0.15, 0.2) is 40.9 Å². The molecule has 0 saturated heterocycles. The fourth-order valence-electron chi connectivity index (χ4n) is 1.75. The molecule has 21 heavy (non-hydrogen) atoms. The molecule has 0 aliphatic carbocycles. The summed E-state index contributed by atoms with van der Waals surface area (Å²) < 4.78 is 18.7. The molecular formula is C15H14BrFN2O2. The first-order chi connectivity index (χ1) is 9.95. The molecule has 0 bridgehead atoms. The van der Waals surface area contributed by atoms with E-state index in [0.29, 0.717) is 21.6 Å². The van der Waals surface area contributed by atoms with Crippen molar-refractivity contribution in [2.75, 3.05) is 17.7 Å². The van der Waals surface area contributed by atoms with Gasteiger partial charge in [0.15, 0.2) is 6.61 Å². The topological polar surface area (TPSA) is 64.3 Å². The minimum Gasteiger partial charge on any atom is -0.483 e. The summed E-state index contributed by atoms with van der Waals surface area (Å²) in [5.41, 5.74) is 7.83. The van der Waals surface area contributed by atoms with Gasteiger partial charge in [0.25, 0.3) is 5.91 Å². The molecule has 0 aliphatic heterocycles. The smallest absolute Gasteiger partial charge is 0.262 e. The van der Waals surface area contributed by atoms with Crippen molar-refractivity contribution in [1.29, 1.82) is 0 Å². The molecule has 0 heterocycles. The first-order valence-electron chi connectivity index (χ1n) is 6.19. The molecule has 0 atom stereocenters. The Hall–Kier alpha value is -2.08. The Morgan fingerprint density at radius 3 is 2.76 bits per heavy atom. The monoisotopic (exact) mass is 352 g/mol. The summed E-state index contributed by atoms with van der Waals surface area (Å²) in [7, 11) is 0. The van der Waals surface area contributed by atoms with Crippen LogP contribution >= 0.6 is 15.9 Å². The van der Waals surface area contributed by atoms with Crippen LogP contribution in [-0.2, 0) is 4.79 Å². The molecule has 0 aromatic heterocycles. The van der Waals surface area contributed by atoms with Gasteiger partial charge in [0, 0.05) is 11.4 Å². The molecule has 2 rings (SSSR count). The van der Waals surface area contributed by atoms with Crippen LogP contribution in [0.3, 0.4) is 0 Å². The third kappa shape index (κ3) is 4.19. The summed E-state index contributed by atoms with van der Waals surface area (Å²) in [5.74, 6) is -0.282. The number of rotatable bonds is 4. The molecular weight excluding hydrogens is 339 g/mol. The van der Waals surface area contributed by atoms with Crippen LogP contribution in [0.25, 0.3) is 0 Å². The van der Waals surface area contributed by atoms with Crippen LogP contribution < -0.4 is 15.8 Å². The third-order valence-corrected chi connectivity index (χ3v) is 3.40. The van der Waals surface area contributed by atoms with E-state index in [1.54, 1.807) is 18.2 Å². The second-order valence-electron chi connectivity index (χ2n) is 4.49. The molecule has 0 fully saturated rings. The zero-order chi connectivity index (χ0) is 15.4. The quantitative estimate of drug-likeness (QED) is 0.827. The first kappa shape index (κ1) is 15.3. The average Bonchev–Trinajstić information content (AvgIpc) is 2.41. The summed E-state index contributed by atoms with van der Waals surface area (Å²) in [6.45, 7) is 1.68. The Morgan fingerprint density at radius 1 is 1.33 bits per heavy atom. The Labute approximate surface area is 130 Å². The van der Waals surface area contributed by atoms with E-state index in [4.69, 9.17) is 10.5 Å². The number of hydrogen-bond acceptors (Lipinski definition) is 3. The molecule has 2 aromatic rings. The van der Waals surface area contributed by atoms with E-state index in [0.717, 1.165) is 5.56 Å². The van der Waals surface area contributed by atoms with Crippen LogP contribution in [0.2, 0.25) is 0 Å². The van der Waals surface area contributed by atoms with Crippen molar-refractivity contribution < 1.29 is 13.9 Å². The number of amides is 1. The molecule has 0 radical (unpaired) electrons. The number of carbonyl (C=O) groups excluding carboxylic acids is 1. The molecule has 0 aliphatic rings. The summed E-state index contributed by atoms with van der Waals surface area (Å²) in [5, 5.41) is 2.73. The van der Waals surface area contributed by atoms with Crippen LogP contribution in [0.1, 0.15) is 5.56 Å². The Kier molecular flexibility index (Phi) is 4.80. The summed E-state index contributed by atoms with van der Waals surface area (Å²) in [6, 6.07) is 9.21. The SMILES string of the molecule is Cc1cc(N)ccc1NC(=O)COc1ccc(F)cc1Br. The lowest BCUT2D eigenvalue weighted by atomic mass is 10.2. The van der Waals surface area contributed by atoms with Crippen molar-refractivity contribution in [3.05, 3.63) is 52.3 Å². The molecule has 1 amide bonds. The second-order valence-corrected chi connectivity index (χ2v) is 5.34. The molecule has 6 heteroatoms. The number of hydrogen-bond donors (Lipinski definition) is 2. The fraction of sp³-hybridized carbons (Fsp3) is 0.133. The number of ether oxygens (including phenoxy) is 1. The van der Waals surface area contributed by atoms with E-state index >= 15 is 0 Å². The van der Waals surface area contributed by atoms with Crippen molar-refractivity contribution in [3.8, 4) is 5.75 Å². The van der Waals surface area contributed by atoms with E-state index in [1.165, 1.54) is 18.2 Å². The van der Waals surface area contributed by atoms with E-state index in [-0.39, 0.29) is 18.3 Å². The van der Waals surface area contributed by atoms with E-state index < -0.39 is 0 Å². The minimum atomic E-state index is -0.379. The van der Waals surface area contributed by atoms with Gasteiger partial charge in [-0.2, -0.15) is 0 Å².